The van der Waals surface area contributed by atoms with Crippen LogP contribution in [-0.2, 0) is 6.54 Å². The second-order valence-corrected chi connectivity index (χ2v) is 4.73. The van der Waals surface area contributed by atoms with Crippen LogP contribution in [0.15, 0.2) is 24.5 Å². The SMILES string of the molecule is CNC1CCC(N(C)Cc2cccnc2)C1. The lowest BCUT2D eigenvalue weighted by Gasteiger charge is -2.24. The predicted octanol–water partition coefficient (Wildman–Crippen LogP) is 1.65. The van der Waals surface area contributed by atoms with Crippen molar-refractivity contribution in [3.63, 3.8) is 0 Å². The van der Waals surface area contributed by atoms with Gasteiger partial charge in [-0.15, -0.1) is 0 Å². The van der Waals surface area contributed by atoms with Crippen LogP contribution < -0.4 is 5.32 Å². The molecule has 3 heteroatoms. The molecule has 1 aromatic rings. The van der Waals surface area contributed by atoms with Crippen molar-refractivity contribution in [1.29, 1.82) is 0 Å². The van der Waals surface area contributed by atoms with E-state index in [-0.39, 0.29) is 0 Å². The van der Waals surface area contributed by atoms with E-state index >= 15 is 0 Å². The fourth-order valence-electron chi connectivity index (χ4n) is 2.53. The Kier molecular flexibility index (Phi) is 3.91. The van der Waals surface area contributed by atoms with Crippen LogP contribution in [0.5, 0.6) is 0 Å². The largest absolute Gasteiger partial charge is 0.317 e. The van der Waals surface area contributed by atoms with Crippen LogP contribution >= 0.6 is 0 Å². The van der Waals surface area contributed by atoms with Crippen molar-refractivity contribution in [1.82, 2.24) is 15.2 Å². The van der Waals surface area contributed by atoms with Gasteiger partial charge in [0.25, 0.3) is 0 Å². The summed E-state index contributed by atoms with van der Waals surface area (Å²) in [5.74, 6) is 0. The van der Waals surface area contributed by atoms with Gasteiger partial charge in [-0.05, 0) is 45.0 Å². The number of nitrogens with zero attached hydrogens (tertiary/aromatic N) is 2. The first-order valence-electron chi connectivity index (χ1n) is 6.06. The summed E-state index contributed by atoms with van der Waals surface area (Å²) in [7, 11) is 4.28. The summed E-state index contributed by atoms with van der Waals surface area (Å²) in [6, 6.07) is 5.58. The van der Waals surface area contributed by atoms with Crippen molar-refractivity contribution in [2.45, 2.75) is 37.9 Å². The number of nitrogens with one attached hydrogen (secondary N) is 1. The summed E-state index contributed by atoms with van der Waals surface area (Å²) in [5, 5.41) is 3.37. The lowest BCUT2D eigenvalue weighted by Crippen LogP contribution is -2.31. The van der Waals surface area contributed by atoms with Crippen molar-refractivity contribution in [3.8, 4) is 0 Å². The van der Waals surface area contributed by atoms with Crippen LogP contribution in [0.25, 0.3) is 0 Å². The highest BCUT2D eigenvalue weighted by atomic mass is 15.1. The molecule has 2 rings (SSSR count). The minimum absolute atomic E-state index is 0.710. The average molecular weight is 219 g/mol. The molecule has 0 aromatic carbocycles. The Bertz CT molecular complexity index is 312. The smallest absolute Gasteiger partial charge is 0.0312 e. The van der Waals surface area contributed by atoms with Crippen molar-refractivity contribution < 1.29 is 0 Å². The zero-order valence-corrected chi connectivity index (χ0v) is 10.2. The Hall–Kier alpha value is -0.930. The van der Waals surface area contributed by atoms with E-state index in [1.807, 2.05) is 18.5 Å². The van der Waals surface area contributed by atoms with Crippen molar-refractivity contribution in [2.75, 3.05) is 14.1 Å². The Morgan fingerprint density at radius 1 is 1.50 bits per heavy atom. The van der Waals surface area contributed by atoms with Gasteiger partial charge >= 0.3 is 0 Å². The summed E-state index contributed by atoms with van der Waals surface area (Å²) in [6.45, 7) is 1.01. The zero-order valence-electron chi connectivity index (χ0n) is 10.2. The highest BCUT2D eigenvalue weighted by Gasteiger charge is 2.26. The number of rotatable bonds is 4. The van der Waals surface area contributed by atoms with Gasteiger partial charge in [0, 0.05) is 31.0 Å². The van der Waals surface area contributed by atoms with Gasteiger partial charge in [-0.3, -0.25) is 9.88 Å². The summed E-state index contributed by atoms with van der Waals surface area (Å²) >= 11 is 0. The molecule has 1 heterocycles. The fourth-order valence-corrected chi connectivity index (χ4v) is 2.53. The van der Waals surface area contributed by atoms with Gasteiger partial charge in [-0.2, -0.15) is 0 Å². The monoisotopic (exact) mass is 219 g/mol. The van der Waals surface area contributed by atoms with Crippen molar-refractivity contribution in [3.05, 3.63) is 30.1 Å². The van der Waals surface area contributed by atoms with Gasteiger partial charge < -0.3 is 5.32 Å². The molecule has 0 radical (unpaired) electrons. The molecule has 2 atom stereocenters. The van der Waals surface area contributed by atoms with E-state index in [0.717, 1.165) is 12.6 Å². The molecule has 0 bridgehead atoms. The maximum Gasteiger partial charge on any atom is 0.0312 e. The average Bonchev–Trinajstić information content (AvgIpc) is 2.79. The van der Waals surface area contributed by atoms with Crippen LogP contribution in [0.1, 0.15) is 24.8 Å². The Balaban J connectivity index is 1.87. The van der Waals surface area contributed by atoms with Crippen LogP contribution in [0, 0.1) is 0 Å². The van der Waals surface area contributed by atoms with Crippen LogP contribution in [0.4, 0.5) is 0 Å². The zero-order chi connectivity index (χ0) is 11.4. The standard InChI is InChI=1S/C13H21N3/c1-14-12-5-6-13(8-12)16(2)10-11-4-3-7-15-9-11/h3-4,7,9,12-14H,5-6,8,10H2,1-2H3. The molecule has 0 spiro atoms. The highest BCUT2D eigenvalue weighted by molar-refractivity contribution is 5.08. The molecule has 0 aliphatic heterocycles. The molecule has 16 heavy (non-hydrogen) atoms. The number of hydrogen-bond donors (Lipinski definition) is 1. The van der Waals surface area contributed by atoms with Crippen LogP contribution in [0.2, 0.25) is 0 Å². The molecular formula is C13H21N3. The number of pyridine rings is 1. The Morgan fingerprint density at radius 3 is 3.00 bits per heavy atom. The molecule has 0 saturated heterocycles. The molecule has 88 valence electrons. The van der Waals surface area contributed by atoms with Gasteiger partial charge in [0.05, 0.1) is 0 Å². The van der Waals surface area contributed by atoms with E-state index in [2.05, 4.69) is 35.4 Å². The van der Waals surface area contributed by atoms with E-state index in [0.29, 0.717) is 6.04 Å². The van der Waals surface area contributed by atoms with E-state index in [1.54, 1.807) is 0 Å². The second-order valence-electron chi connectivity index (χ2n) is 4.73. The Morgan fingerprint density at radius 2 is 2.38 bits per heavy atom. The normalized spacial score (nSPS) is 25.2. The third-order valence-corrected chi connectivity index (χ3v) is 3.59. The van der Waals surface area contributed by atoms with Gasteiger partial charge in [-0.1, -0.05) is 6.07 Å². The summed E-state index contributed by atoms with van der Waals surface area (Å²) < 4.78 is 0. The van der Waals surface area contributed by atoms with Gasteiger partial charge in [-0.25, -0.2) is 0 Å². The lowest BCUT2D eigenvalue weighted by molar-refractivity contribution is 0.234. The highest BCUT2D eigenvalue weighted by Crippen LogP contribution is 2.24. The van der Waals surface area contributed by atoms with Gasteiger partial charge in [0.15, 0.2) is 0 Å². The molecular weight excluding hydrogens is 198 g/mol. The molecule has 3 nitrogen and oxygen atoms in total. The molecule has 0 amide bonds. The van der Waals surface area contributed by atoms with E-state index in [1.165, 1.54) is 24.8 Å². The summed E-state index contributed by atoms with van der Waals surface area (Å²) in [6.07, 6.45) is 7.67. The van der Waals surface area contributed by atoms with E-state index in [9.17, 15) is 0 Å². The first-order chi connectivity index (χ1) is 7.79. The van der Waals surface area contributed by atoms with Crippen molar-refractivity contribution in [2.24, 2.45) is 0 Å². The topological polar surface area (TPSA) is 28.2 Å². The van der Waals surface area contributed by atoms with Crippen molar-refractivity contribution >= 4 is 0 Å². The molecule has 1 saturated carbocycles. The Labute approximate surface area is 97.9 Å². The number of hydrogen-bond acceptors (Lipinski definition) is 3. The quantitative estimate of drug-likeness (QED) is 0.834. The molecule has 1 fully saturated rings. The summed E-state index contributed by atoms with van der Waals surface area (Å²) in [5.41, 5.74) is 1.30. The minimum atomic E-state index is 0.710. The predicted molar refractivity (Wildman–Crippen MR) is 66.2 cm³/mol. The lowest BCUT2D eigenvalue weighted by atomic mass is 10.2. The number of aromatic nitrogens is 1. The third-order valence-electron chi connectivity index (χ3n) is 3.59. The summed E-state index contributed by atoms with van der Waals surface area (Å²) in [4.78, 5) is 6.61. The molecule has 1 N–H and O–H groups in total. The molecule has 2 unspecified atom stereocenters. The second kappa shape index (κ2) is 5.41. The van der Waals surface area contributed by atoms with Gasteiger partial charge in [0.1, 0.15) is 0 Å². The first kappa shape index (κ1) is 11.6. The first-order valence-corrected chi connectivity index (χ1v) is 6.06. The van der Waals surface area contributed by atoms with Crippen LogP contribution in [0.3, 0.4) is 0 Å². The maximum atomic E-state index is 4.16. The third kappa shape index (κ3) is 2.80. The maximum absolute atomic E-state index is 4.16. The molecule has 1 aliphatic rings. The minimum Gasteiger partial charge on any atom is -0.317 e. The van der Waals surface area contributed by atoms with E-state index in [4.69, 9.17) is 0 Å². The fraction of sp³-hybridized carbons (Fsp3) is 0.615. The van der Waals surface area contributed by atoms with E-state index < -0.39 is 0 Å². The molecule has 1 aromatic heterocycles. The van der Waals surface area contributed by atoms with Crippen LogP contribution in [-0.4, -0.2) is 36.1 Å². The van der Waals surface area contributed by atoms with Gasteiger partial charge in [0.2, 0.25) is 0 Å². The molecule has 1 aliphatic carbocycles.